The summed E-state index contributed by atoms with van der Waals surface area (Å²) in [7, 11) is 0. The lowest BCUT2D eigenvalue weighted by molar-refractivity contribution is 0.0252. The highest BCUT2D eigenvalue weighted by Crippen LogP contribution is 2.11. The van der Waals surface area contributed by atoms with Gasteiger partial charge >= 0.3 is 0 Å². The fourth-order valence-electron chi connectivity index (χ4n) is 1.53. The van der Waals surface area contributed by atoms with Crippen molar-refractivity contribution >= 4 is 23.0 Å². The Hall–Kier alpha value is -1.24. The van der Waals surface area contributed by atoms with E-state index in [0.717, 1.165) is 13.1 Å². The minimum Gasteiger partial charge on any atom is -0.379 e. The van der Waals surface area contributed by atoms with E-state index in [-0.39, 0.29) is 5.82 Å². The lowest BCUT2D eigenvalue weighted by atomic mass is 10.3. The molecule has 0 aliphatic carbocycles. The van der Waals surface area contributed by atoms with Gasteiger partial charge in [0.25, 0.3) is 0 Å². The minimum absolute atomic E-state index is 0.321. The molecule has 1 heterocycles. The molecule has 0 aromatic heterocycles. The van der Waals surface area contributed by atoms with Crippen LogP contribution in [0, 0.1) is 5.82 Å². The number of rotatable bonds is 2. The van der Waals surface area contributed by atoms with Crippen LogP contribution >= 0.6 is 12.2 Å². The van der Waals surface area contributed by atoms with Crippen molar-refractivity contribution < 1.29 is 9.13 Å². The van der Waals surface area contributed by atoms with Gasteiger partial charge in [0.05, 0.1) is 18.9 Å². The number of hydrazine groups is 1. The molecule has 1 aliphatic rings. The Bertz CT molecular complexity index is 396. The minimum atomic E-state index is -0.321. The number of hydrogen-bond acceptors (Lipinski definition) is 3. The van der Waals surface area contributed by atoms with E-state index in [1.807, 2.05) is 5.01 Å². The van der Waals surface area contributed by atoms with Crippen LogP contribution in [0.5, 0.6) is 0 Å². The van der Waals surface area contributed by atoms with Crippen LogP contribution in [-0.2, 0) is 4.74 Å². The Labute approximate surface area is 105 Å². The summed E-state index contributed by atoms with van der Waals surface area (Å²) in [5.74, 6) is -0.321. The van der Waals surface area contributed by atoms with Gasteiger partial charge in [-0.05, 0) is 24.4 Å². The van der Waals surface area contributed by atoms with Gasteiger partial charge < -0.3 is 10.1 Å². The monoisotopic (exact) mass is 255 g/mol. The molecule has 2 N–H and O–H groups in total. The van der Waals surface area contributed by atoms with Crippen molar-refractivity contribution in [1.82, 2.24) is 10.4 Å². The van der Waals surface area contributed by atoms with E-state index in [2.05, 4.69) is 10.7 Å². The van der Waals surface area contributed by atoms with Crippen LogP contribution in [0.2, 0.25) is 0 Å². The first kappa shape index (κ1) is 12.2. The molecule has 6 heteroatoms. The summed E-state index contributed by atoms with van der Waals surface area (Å²) >= 11 is 5.11. The van der Waals surface area contributed by atoms with Gasteiger partial charge in [-0.1, -0.05) is 12.1 Å². The van der Waals surface area contributed by atoms with E-state index in [4.69, 9.17) is 17.0 Å². The SMILES string of the molecule is Fc1ccccc1NC(=S)NN1CCOCC1. The topological polar surface area (TPSA) is 36.5 Å². The summed E-state index contributed by atoms with van der Waals surface area (Å²) in [5.41, 5.74) is 3.37. The van der Waals surface area contributed by atoms with Gasteiger partial charge in [0.2, 0.25) is 0 Å². The van der Waals surface area contributed by atoms with Crippen molar-refractivity contribution in [2.24, 2.45) is 0 Å². The van der Waals surface area contributed by atoms with E-state index in [0.29, 0.717) is 24.0 Å². The maximum Gasteiger partial charge on any atom is 0.185 e. The van der Waals surface area contributed by atoms with Crippen molar-refractivity contribution in [3.63, 3.8) is 0 Å². The van der Waals surface area contributed by atoms with Crippen molar-refractivity contribution in [3.05, 3.63) is 30.1 Å². The average Bonchev–Trinajstić information content (AvgIpc) is 2.33. The maximum atomic E-state index is 13.3. The summed E-state index contributed by atoms with van der Waals surface area (Å²) < 4.78 is 18.6. The van der Waals surface area contributed by atoms with E-state index in [1.54, 1.807) is 18.2 Å². The second-order valence-corrected chi connectivity index (χ2v) is 4.05. The van der Waals surface area contributed by atoms with Gasteiger partial charge in [0.15, 0.2) is 5.11 Å². The van der Waals surface area contributed by atoms with Gasteiger partial charge in [-0.2, -0.15) is 0 Å². The molecule has 0 amide bonds. The number of ether oxygens (including phenoxy) is 1. The first-order valence-electron chi connectivity index (χ1n) is 5.40. The molecule has 1 aromatic carbocycles. The predicted octanol–water partition coefficient (Wildman–Crippen LogP) is 1.36. The highest BCUT2D eigenvalue weighted by atomic mass is 32.1. The Morgan fingerprint density at radius 3 is 2.71 bits per heavy atom. The summed E-state index contributed by atoms with van der Waals surface area (Å²) in [6.07, 6.45) is 0. The average molecular weight is 255 g/mol. The zero-order chi connectivity index (χ0) is 12.1. The zero-order valence-electron chi connectivity index (χ0n) is 9.28. The van der Waals surface area contributed by atoms with Gasteiger partial charge in [-0.3, -0.25) is 5.43 Å². The standard InChI is InChI=1S/C11H14FN3OS/c12-9-3-1-2-4-10(9)13-11(17)14-15-5-7-16-8-6-15/h1-4H,5-8H2,(H2,13,14,17). The smallest absolute Gasteiger partial charge is 0.185 e. The first-order chi connectivity index (χ1) is 8.25. The highest BCUT2D eigenvalue weighted by Gasteiger charge is 2.11. The third-order valence-corrected chi connectivity index (χ3v) is 2.59. The van der Waals surface area contributed by atoms with Crippen LogP contribution in [0.15, 0.2) is 24.3 Å². The molecule has 4 nitrogen and oxygen atoms in total. The molecular weight excluding hydrogens is 241 g/mol. The third kappa shape index (κ3) is 3.62. The molecule has 0 unspecified atom stereocenters. The molecule has 0 spiro atoms. The molecule has 17 heavy (non-hydrogen) atoms. The van der Waals surface area contributed by atoms with E-state index >= 15 is 0 Å². The number of thiocarbonyl (C=S) groups is 1. The number of para-hydroxylation sites is 1. The lowest BCUT2D eigenvalue weighted by Gasteiger charge is -2.28. The first-order valence-corrected chi connectivity index (χ1v) is 5.81. The van der Waals surface area contributed by atoms with Crippen LogP contribution in [0.25, 0.3) is 0 Å². The van der Waals surface area contributed by atoms with Gasteiger partial charge in [-0.15, -0.1) is 0 Å². The fourth-order valence-corrected chi connectivity index (χ4v) is 1.77. The second kappa shape index (κ2) is 5.90. The van der Waals surface area contributed by atoms with Crippen LogP contribution in [0.3, 0.4) is 0 Å². The van der Waals surface area contributed by atoms with Crippen molar-refractivity contribution in [2.45, 2.75) is 0 Å². The van der Waals surface area contributed by atoms with Crippen molar-refractivity contribution in [2.75, 3.05) is 31.6 Å². The molecule has 0 saturated carbocycles. The normalized spacial score (nSPS) is 16.5. The number of morpholine rings is 1. The van der Waals surface area contributed by atoms with Gasteiger partial charge in [0.1, 0.15) is 5.82 Å². The Balaban J connectivity index is 1.86. The molecule has 2 rings (SSSR count). The highest BCUT2D eigenvalue weighted by molar-refractivity contribution is 7.80. The maximum absolute atomic E-state index is 13.3. The second-order valence-electron chi connectivity index (χ2n) is 3.65. The van der Waals surface area contributed by atoms with Crippen molar-refractivity contribution in [1.29, 1.82) is 0 Å². The Morgan fingerprint density at radius 2 is 2.00 bits per heavy atom. The van der Waals surface area contributed by atoms with Crippen LogP contribution in [0.4, 0.5) is 10.1 Å². The number of halogens is 1. The Morgan fingerprint density at radius 1 is 1.29 bits per heavy atom. The quantitative estimate of drug-likeness (QED) is 0.780. The van der Waals surface area contributed by atoms with Crippen molar-refractivity contribution in [3.8, 4) is 0 Å². The molecule has 0 bridgehead atoms. The molecule has 0 atom stereocenters. The summed E-state index contributed by atoms with van der Waals surface area (Å²) in [5, 5.41) is 5.15. The lowest BCUT2D eigenvalue weighted by Crippen LogP contribution is -2.49. The zero-order valence-corrected chi connectivity index (χ0v) is 10.1. The molecule has 1 saturated heterocycles. The molecular formula is C11H14FN3OS. The summed E-state index contributed by atoms with van der Waals surface area (Å²) in [6, 6.07) is 6.42. The fraction of sp³-hybridized carbons (Fsp3) is 0.364. The van der Waals surface area contributed by atoms with Gasteiger partial charge in [-0.25, -0.2) is 9.40 Å². The summed E-state index contributed by atoms with van der Waals surface area (Å²) in [6.45, 7) is 2.88. The molecule has 92 valence electrons. The number of nitrogens with zero attached hydrogens (tertiary/aromatic N) is 1. The summed E-state index contributed by atoms with van der Waals surface area (Å²) in [4.78, 5) is 0. The van der Waals surface area contributed by atoms with Crippen LogP contribution < -0.4 is 10.7 Å². The number of anilines is 1. The van der Waals surface area contributed by atoms with Crippen LogP contribution in [0.1, 0.15) is 0 Å². The largest absolute Gasteiger partial charge is 0.379 e. The van der Waals surface area contributed by atoms with E-state index < -0.39 is 0 Å². The van der Waals surface area contributed by atoms with Crippen LogP contribution in [-0.4, -0.2) is 36.4 Å². The molecule has 0 radical (unpaired) electrons. The van der Waals surface area contributed by atoms with E-state index in [9.17, 15) is 4.39 Å². The predicted molar refractivity (Wildman–Crippen MR) is 68.1 cm³/mol. The number of benzene rings is 1. The number of nitrogens with one attached hydrogen (secondary N) is 2. The molecule has 1 fully saturated rings. The molecule has 1 aromatic rings. The van der Waals surface area contributed by atoms with Gasteiger partial charge in [0, 0.05) is 13.1 Å². The van der Waals surface area contributed by atoms with E-state index in [1.165, 1.54) is 6.07 Å². The number of hydrogen-bond donors (Lipinski definition) is 2. The third-order valence-electron chi connectivity index (χ3n) is 2.39. The Kier molecular flexibility index (Phi) is 4.24. The molecule has 1 aliphatic heterocycles.